The number of hydrogen-bond acceptors (Lipinski definition) is 2. The smallest absolute Gasteiger partial charge is 0.123 e. The zero-order valence-electron chi connectivity index (χ0n) is 9.88. The van der Waals surface area contributed by atoms with Crippen LogP contribution < -0.4 is 4.74 Å². The number of methoxy groups -OCH3 is 1. The van der Waals surface area contributed by atoms with Crippen molar-refractivity contribution in [2.75, 3.05) is 7.11 Å². The first-order chi connectivity index (χ1) is 7.48. The molecule has 0 unspecified atom stereocenters. The lowest BCUT2D eigenvalue weighted by Crippen LogP contribution is -2.06. The van der Waals surface area contributed by atoms with Crippen LogP contribution in [0.1, 0.15) is 43.7 Å². The average molecular weight is 285 g/mol. The van der Waals surface area contributed by atoms with Crippen LogP contribution in [0.15, 0.2) is 16.6 Å². The van der Waals surface area contributed by atoms with E-state index in [1.807, 2.05) is 12.1 Å². The van der Waals surface area contributed by atoms with E-state index in [1.54, 1.807) is 7.11 Å². The second kappa shape index (κ2) is 4.04. The van der Waals surface area contributed by atoms with Crippen molar-refractivity contribution in [2.45, 2.75) is 38.2 Å². The Labute approximate surface area is 105 Å². The fourth-order valence-electron chi connectivity index (χ4n) is 2.00. The van der Waals surface area contributed by atoms with Crippen molar-refractivity contribution in [3.05, 3.63) is 27.7 Å². The van der Waals surface area contributed by atoms with Crippen LogP contribution in [0.5, 0.6) is 5.75 Å². The molecule has 2 nitrogen and oxygen atoms in total. The topological polar surface area (TPSA) is 29.5 Å². The monoisotopic (exact) mass is 284 g/mol. The molecule has 1 aromatic carbocycles. The standard InChI is InChI=1S/C13H17BrO2/c1-8(2)12-10(14)6-9(7-11(12)16-3)13(15)4-5-13/h6-8,15H,4-5H2,1-3H3. The molecule has 0 heterocycles. The van der Waals surface area contributed by atoms with Crippen LogP contribution in [0.3, 0.4) is 0 Å². The van der Waals surface area contributed by atoms with Gasteiger partial charge in [0.05, 0.1) is 12.7 Å². The first kappa shape index (κ1) is 11.9. The predicted octanol–water partition coefficient (Wildman–Crippen LogP) is 3.56. The molecule has 16 heavy (non-hydrogen) atoms. The van der Waals surface area contributed by atoms with Crippen LogP contribution in [0, 0.1) is 0 Å². The van der Waals surface area contributed by atoms with Gasteiger partial charge >= 0.3 is 0 Å². The number of hydrogen-bond donors (Lipinski definition) is 1. The highest BCUT2D eigenvalue weighted by Gasteiger charge is 2.42. The van der Waals surface area contributed by atoms with Crippen LogP contribution >= 0.6 is 15.9 Å². The van der Waals surface area contributed by atoms with Crippen LogP contribution in [-0.2, 0) is 5.60 Å². The van der Waals surface area contributed by atoms with E-state index in [0.29, 0.717) is 5.92 Å². The van der Waals surface area contributed by atoms with Crippen LogP contribution in [0.4, 0.5) is 0 Å². The Morgan fingerprint density at radius 3 is 2.44 bits per heavy atom. The van der Waals surface area contributed by atoms with Gasteiger partial charge in [-0.1, -0.05) is 29.8 Å². The SMILES string of the molecule is COc1cc(C2(O)CC2)cc(Br)c1C(C)C. The first-order valence-corrected chi connectivity index (χ1v) is 6.37. The summed E-state index contributed by atoms with van der Waals surface area (Å²) in [6, 6.07) is 3.98. The number of ether oxygens (including phenoxy) is 1. The minimum Gasteiger partial charge on any atom is -0.496 e. The molecular formula is C13H17BrO2. The van der Waals surface area contributed by atoms with E-state index in [2.05, 4.69) is 29.8 Å². The van der Waals surface area contributed by atoms with Gasteiger partial charge in [0, 0.05) is 10.0 Å². The van der Waals surface area contributed by atoms with Crippen molar-refractivity contribution in [1.82, 2.24) is 0 Å². The van der Waals surface area contributed by atoms with Crippen LogP contribution in [0.2, 0.25) is 0 Å². The maximum absolute atomic E-state index is 10.1. The van der Waals surface area contributed by atoms with Crippen molar-refractivity contribution in [1.29, 1.82) is 0 Å². The van der Waals surface area contributed by atoms with Gasteiger partial charge in [0.25, 0.3) is 0 Å². The van der Waals surface area contributed by atoms with E-state index in [-0.39, 0.29) is 0 Å². The third-order valence-corrected chi connectivity index (χ3v) is 3.81. The minimum absolute atomic E-state index is 0.396. The molecule has 0 atom stereocenters. The van der Waals surface area contributed by atoms with E-state index in [4.69, 9.17) is 4.74 Å². The number of halogens is 1. The van der Waals surface area contributed by atoms with Crippen molar-refractivity contribution in [3.8, 4) is 5.75 Å². The van der Waals surface area contributed by atoms with E-state index < -0.39 is 5.60 Å². The molecule has 0 radical (unpaired) electrons. The molecule has 1 aliphatic carbocycles. The average Bonchev–Trinajstić information content (AvgIpc) is 2.96. The largest absolute Gasteiger partial charge is 0.496 e. The van der Waals surface area contributed by atoms with Gasteiger partial charge in [-0.15, -0.1) is 0 Å². The molecule has 0 saturated heterocycles. The molecule has 0 aliphatic heterocycles. The molecule has 0 bridgehead atoms. The predicted molar refractivity (Wildman–Crippen MR) is 67.9 cm³/mol. The van der Waals surface area contributed by atoms with Crippen molar-refractivity contribution in [3.63, 3.8) is 0 Å². The Balaban J connectivity index is 2.50. The summed E-state index contributed by atoms with van der Waals surface area (Å²) in [5, 5.41) is 10.1. The summed E-state index contributed by atoms with van der Waals surface area (Å²) in [4.78, 5) is 0. The summed E-state index contributed by atoms with van der Waals surface area (Å²) in [6.07, 6.45) is 1.70. The number of aliphatic hydroxyl groups is 1. The van der Waals surface area contributed by atoms with Gasteiger partial charge in [-0.25, -0.2) is 0 Å². The quantitative estimate of drug-likeness (QED) is 0.920. The molecule has 3 heteroatoms. The first-order valence-electron chi connectivity index (χ1n) is 5.58. The Kier molecular flexibility index (Phi) is 3.01. The maximum atomic E-state index is 10.1. The van der Waals surface area contributed by atoms with Gasteiger partial charge in [0.2, 0.25) is 0 Å². The summed E-state index contributed by atoms with van der Waals surface area (Å²) in [5.74, 6) is 1.26. The summed E-state index contributed by atoms with van der Waals surface area (Å²) in [6.45, 7) is 4.27. The Hall–Kier alpha value is -0.540. The molecule has 1 N–H and O–H groups in total. The highest BCUT2D eigenvalue weighted by molar-refractivity contribution is 9.10. The third kappa shape index (κ3) is 1.98. The molecule has 0 amide bonds. The minimum atomic E-state index is -0.606. The Bertz CT molecular complexity index is 409. The van der Waals surface area contributed by atoms with E-state index in [0.717, 1.165) is 34.2 Å². The Morgan fingerprint density at radius 2 is 2.00 bits per heavy atom. The second-order valence-electron chi connectivity index (χ2n) is 4.76. The fourth-order valence-corrected chi connectivity index (χ4v) is 2.90. The number of rotatable bonds is 3. The fraction of sp³-hybridized carbons (Fsp3) is 0.538. The van der Waals surface area contributed by atoms with Gasteiger partial charge in [0.15, 0.2) is 0 Å². The summed E-state index contributed by atoms with van der Waals surface area (Å²) < 4.78 is 6.44. The normalized spacial score (nSPS) is 17.6. The molecule has 0 spiro atoms. The number of benzene rings is 1. The van der Waals surface area contributed by atoms with Crippen molar-refractivity contribution >= 4 is 15.9 Å². The van der Waals surface area contributed by atoms with Gasteiger partial charge < -0.3 is 9.84 Å². The molecule has 1 aromatic rings. The lowest BCUT2D eigenvalue weighted by Gasteiger charge is -2.18. The molecule has 88 valence electrons. The van der Waals surface area contributed by atoms with Gasteiger partial charge in [-0.3, -0.25) is 0 Å². The summed E-state index contributed by atoms with van der Waals surface area (Å²) >= 11 is 3.57. The van der Waals surface area contributed by atoms with E-state index >= 15 is 0 Å². The van der Waals surface area contributed by atoms with Crippen LogP contribution in [-0.4, -0.2) is 12.2 Å². The van der Waals surface area contributed by atoms with Gasteiger partial charge in [-0.2, -0.15) is 0 Å². The molecular weight excluding hydrogens is 268 g/mol. The lowest BCUT2D eigenvalue weighted by molar-refractivity contribution is 0.151. The van der Waals surface area contributed by atoms with E-state index in [1.165, 1.54) is 0 Å². The highest BCUT2D eigenvalue weighted by Crippen LogP contribution is 2.48. The zero-order valence-corrected chi connectivity index (χ0v) is 11.5. The van der Waals surface area contributed by atoms with E-state index in [9.17, 15) is 5.11 Å². The lowest BCUT2D eigenvalue weighted by atomic mass is 9.98. The molecule has 1 aliphatic rings. The zero-order chi connectivity index (χ0) is 11.9. The molecule has 2 rings (SSSR count). The maximum Gasteiger partial charge on any atom is 0.123 e. The van der Waals surface area contributed by atoms with Crippen molar-refractivity contribution < 1.29 is 9.84 Å². The molecule has 1 saturated carbocycles. The Morgan fingerprint density at radius 1 is 1.38 bits per heavy atom. The molecule has 0 aromatic heterocycles. The van der Waals surface area contributed by atoms with Crippen molar-refractivity contribution in [2.24, 2.45) is 0 Å². The van der Waals surface area contributed by atoms with Crippen LogP contribution in [0.25, 0.3) is 0 Å². The summed E-state index contributed by atoms with van der Waals surface area (Å²) in [5.41, 5.74) is 1.52. The van der Waals surface area contributed by atoms with Gasteiger partial charge in [0.1, 0.15) is 5.75 Å². The molecule has 1 fully saturated rings. The highest BCUT2D eigenvalue weighted by atomic mass is 79.9. The second-order valence-corrected chi connectivity index (χ2v) is 5.61. The van der Waals surface area contributed by atoms with Gasteiger partial charge in [-0.05, 0) is 36.5 Å². The third-order valence-electron chi connectivity index (χ3n) is 3.15. The summed E-state index contributed by atoms with van der Waals surface area (Å²) in [7, 11) is 1.67.